The van der Waals surface area contributed by atoms with Crippen LogP contribution in [0.15, 0.2) is 42.5 Å². The highest BCUT2D eigenvalue weighted by molar-refractivity contribution is 7.88. The molecular formula is C17H17Cl2NO4S. The molecule has 0 radical (unpaired) electrons. The Morgan fingerprint density at radius 1 is 1.08 bits per heavy atom. The molecule has 0 saturated carbocycles. The van der Waals surface area contributed by atoms with Crippen molar-refractivity contribution in [3.63, 3.8) is 0 Å². The van der Waals surface area contributed by atoms with Crippen molar-refractivity contribution in [3.05, 3.63) is 69.2 Å². The minimum Gasteiger partial charge on any atom is -0.465 e. The predicted molar refractivity (Wildman–Crippen MR) is 98.3 cm³/mol. The molecule has 0 spiro atoms. The maximum atomic E-state index is 12.1. The molecule has 0 N–H and O–H groups in total. The molecule has 0 saturated heterocycles. The molecular weight excluding hydrogens is 385 g/mol. The third-order valence-corrected chi connectivity index (χ3v) is 5.64. The second kappa shape index (κ2) is 8.19. The zero-order chi connectivity index (χ0) is 18.6. The van der Waals surface area contributed by atoms with Gasteiger partial charge in [0.25, 0.3) is 0 Å². The van der Waals surface area contributed by atoms with Crippen molar-refractivity contribution in [2.45, 2.75) is 13.1 Å². The Bertz CT molecular complexity index is 867. The largest absolute Gasteiger partial charge is 0.465 e. The lowest BCUT2D eigenvalue weighted by Gasteiger charge is -2.21. The minimum absolute atomic E-state index is 0.0942. The fourth-order valence-corrected chi connectivity index (χ4v) is 3.36. The molecule has 134 valence electrons. The van der Waals surface area contributed by atoms with E-state index in [1.54, 1.807) is 42.5 Å². The average molecular weight is 402 g/mol. The first-order valence-corrected chi connectivity index (χ1v) is 9.88. The summed E-state index contributed by atoms with van der Waals surface area (Å²) in [5.41, 5.74) is 1.75. The Balaban J connectivity index is 2.24. The maximum Gasteiger partial charge on any atom is 0.337 e. The average Bonchev–Trinajstić information content (AvgIpc) is 2.57. The van der Waals surface area contributed by atoms with Crippen molar-refractivity contribution >= 4 is 39.2 Å². The molecule has 0 aromatic heterocycles. The molecule has 0 aliphatic rings. The van der Waals surface area contributed by atoms with Gasteiger partial charge in [-0.3, -0.25) is 0 Å². The number of halogens is 2. The first-order valence-electron chi connectivity index (χ1n) is 7.27. The highest BCUT2D eigenvalue weighted by Crippen LogP contribution is 2.27. The van der Waals surface area contributed by atoms with E-state index in [1.807, 2.05) is 0 Å². The van der Waals surface area contributed by atoms with Gasteiger partial charge in [-0.1, -0.05) is 47.5 Å². The van der Waals surface area contributed by atoms with Crippen molar-refractivity contribution in [3.8, 4) is 0 Å². The van der Waals surface area contributed by atoms with Crippen LogP contribution in [0.1, 0.15) is 21.5 Å². The lowest BCUT2D eigenvalue weighted by atomic mass is 10.1. The normalized spacial score (nSPS) is 11.6. The number of ether oxygens (including phenoxy) is 1. The van der Waals surface area contributed by atoms with Crippen LogP contribution in [-0.4, -0.2) is 32.1 Å². The number of esters is 1. The van der Waals surface area contributed by atoms with E-state index < -0.39 is 16.0 Å². The molecule has 0 aliphatic heterocycles. The number of nitrogens with zero attached hydrogens (tertiary/aromatic N) is 1. The van der Waals surface area contributed by atoms with Gasteiger partial charge in [-0.15, -0.1) is 0 Å². The topological polar surface area (TPSA) is 63.7 Å². The van der Waals surface area contributed by atoms with E-state index in [0.29, 0.717) is 21.2 Å². The fraction of sp³-hybridized carbons (Fsp3) is 0.235. The number of methoxy groups -OCH3 is 1. The highest BCUT2D eigenvalue weighted by Gasteiger charge is 2.19. The standard InChI is InChI=1S/C17H17Cl2NO4S/c1-24-17(21)13-8-6-12(7-9-13)10-20(25(2,22)23)11-14-4-3-5-15(18)16(14)19/h3-9H,10-11H2,1-2H3. The SMILES string of the molecule is COC(=O)c1ccc(CN(Cc2cccc(Cl)c2Cl)S(C)(=O)=O)cc1. The monoisotopic (exact) mass is 401 g/mol. The van der Waals surface area contributed by atoms with Gasteiger partial charge in [-0.05, 0) is 29.3 Å². The Labute approximate surface area is 157 Å². The van der Waals surface area contributed by atoms with E-state index in [0.717, 1.165) is 11.8 Å². The van der Waals surface area contributed by atoms with Gasteiger partial charge in [-0.25, -0.2) is 13.2 Å². The maximum absolute atomic E-state index is 12.1. The molecule has 0 fully saturated rings. The molecule has 8 heteroatoms. The van der Waals surface area contributed by atoms with Gasteiger partial charge in [0.1, 0.15) is 0 Å². The molecule has 0 amide bonds. The Hall–Kier alpha value is -1.60. The van der Waals surface area contributed by atoms with Crippen LogP contribution >= 0.6 is 23.2 Å². The van der Waals surface area contributed by atoms with E-state index >= 15 is 0 Å². The first-order chi connectivity index (χ1) is 11.7. The third-order valence-electron chi connectivity index (χ3n) is 3.58. The second-order valence-corrected chi connectivity index (χ2v) is 8.20. The Morgan fingerprint density at radius 3 is 2.28 bits per heavy atom. The van der Waals surface area contributed by atoms with E-state index in [1.165, 1.54) is 11.4 Å². The van der Waals surface area contributed by atoms with Gasteiger partial charge in [-0.2, -0.15) is 4.31 Å². The van der Waals surface area contributed by atoms with E-state index in [9.17, 15) is 13.2 Å². The van der Waals surface area contributed by atoms with Crippen LogP contribution < -0.4 is 0 Å². The van der Waals surface area contributed by atoms with Crippen LogP contribution in [0.25, 0.3) is 0 Å². The number of rotatable bonds is 6. The van der Waals surface area contributed by atoms with Crippen LogP contribution in [0, 0.1) is 0 Å². The summed E-state index contributed by atoms with van der Waals surface area (Å²) in [5, 5.41) is 0.703. The number of hydrogen-bond acceptors (Lipinski definition) is 4. The van der Waals surface area contributed by atoms with Gasteiger partial charge in [0, 0.05) is 13.1 Å². The van der Waals surface area contributed by atoms with Gasteiger partial charge in [0.2, 0.25) is 10.0 Å². The lowest BCUT2D eigenvalue weighted by Crippen LogP contribution is -2.29. The van der Waals surface area contributed by atoms with Crippen LogP contribution in [0.5, 0.6) is 0 Å². The predicted octanol–water partition coefficient (Wildman–Crippen LogP) is 3.74. The molecule has 0 heterocycles. The van der Waals surface area contributed by atoms with Gasteiger partial charge in [0.05, 0.1) is 29.0 Å². The Morgan fingerprint density at radius 2 is 1.72 bits per heavy atom. The quantitative estimate of drug-likeness (QED) is 0.691. The summed E-state index contributed by atoms with van der Waals surface area (Å²) >= 11 is 12.1. The van der Waals surface area contributed by atoms with Crippen LogP contribution in [0.2, 0.25) is 10.0 Å². The molecule has 2 aromatic carbocycles. The van der Waals surface area contributed by atoms with Gasteiger partial charge >= 0.3 is 5.97 Å². The summed E-state index contributed by atoms with van der Waals surface area (Å²) in [6, 6.07) is 11.6. The zero-order valence-electron chi connectivity index (χ0n) is 13.7. The molecule has 25 heavy (non-hydrogen) atoms. The van der Waals surface area contributed by atoms with Crippen molar-refractivity contribution in [1.82, 2.24) is 4.31 Å². The van der Waals surface area contributed by atoms with Gasteiger partial charge < -0.3 is 4.74 Å². The smallest absolute Gasteiger partial charge is 0.337 e. The number of hydrogen-bond donors (Lipinski definition) is 0. The summed E-state index contributed by atoms with van der Waals surface area (Å²) in [4.78, 5) is 11.5. The summed E-state index contributed by atoms with van der Waals surface area (Å²) < 4.78 is 30.2. The molecule has 2 rings (SSSR count). The van der Waals surface area contributed by atoms with Crippen LogP contribution in [0.3, 0.4) is 0 Å². The molecule has 0 unspecified atom stereocenters. The van der Waals surface area contributed by atoms with Crippen LogP contribution in [-0.2, 0) is 27.8 Å². The highest BCUT2D eigenvalue weighted by atomic mass is 35.5. The van der Waals surface area contributed by atoms with Crippen molar-refractivity contribution < 1.29 is 17.9 Å². The molecule has 5 nitrogen and oxygen atoms in total. The lowest BCUT2D eigenvalue weighted by molar-refractivity contribution is 0.0600. The van der Waals surface area contributed by atoms with E-state index in [2.05, 4.69) is 4.74 Å². The molecule has 0 aliphatic carbocycles. The van der Waals surface area contributed by atoms with E-state index in [4.69, 9.17) is 23.2 Å². The number of carbonyl (C=O) groups excluding carboxylic acids is 1. The van der Waals surface area contributed by atoms with Crippen molar-refractivity contribution in [2.24, 2.45) is 0 Å². The minimum atomic E-state index is -3.48. The van der Waals surface area contributed by atoms with E-state index in [-0.39, 0.29) is 13.1 Å². The van der Waals surface area contributed by atoms with Crippen molar-refractivity contribution in [1.29, 1.82) is 0 Å². The summed E-state index contributed by atoms with van der Waals surface area (Å²) in [5.74, 6) is -0.447. The molecule has 2 aromatic rings. The van der Waals surface area contributed by atoms with Crippen LogP contribution in [0.4, 0.5) is 0 Å². The first kappa shape index (κ1) is 19.7. The molecule has 0 bridgehead atoms. The number of sulfonamides is 1. The second-order valence-electron chi connectivity index (χ2n) is 5.43. The summed E-state index contributed by atoms with van der Waals surface area (Å²) in [7, 11) is -2.18. The Kier molecular flexibility index (Phi) is 6.46. The van der Waals surface area contributed by atoms with Crippen molar-refractivity contribution in [2.75, 3.05) is 13.4 Å². The summed E-state index contributed by atoms with van der Waals surface area (Å²) in [6.45, 7) is 0.236. The summed E-state index contributed by atoms with van der Waals surface area (Å²) in [6.07, 6.45) is 1.13. The fourth-order valence-electron chi connectivity index (χ4n) is 2.22. The molecule has 0 atom stereocenters. The number of carbonyl (C=O) groups is 1. The third kappa shape index (κ3) is 5.19. The zero-order valence-corrected chi connectivity index (χ0v) is 16.0. The van der Waals surface area contributed by atoms with Gasteiger partial charge in [0.15, 0.2) is 0 Å². The number of benzene rings is 2.